The van der Waals surface area contributed by atoms with Crippen molar-refractivity contribution in [3.05, 3.63) is 29.2 Å². The number of hydrogen-bond acceptors (Lipinski definition) is 6. The van der Waals surface area contributed by atoms with Crippen LogP contribution in [-0.2, 0) is 29.1 Å². The normalized spacial score (nSPS) is 22.6. The highest BCUT2D eigenvalue weighted by Gasteiger charge is 2.53. The van der Waals surface area contributed by atoms with Gasteiger partial charge in [0.1, 0.15) is 18.0 Å². The number of hydrogen-bond donors (Lipinski definition) is 1. The van der Waals surface area contributed by atoms with E-state index in [0.717, 1.165) is 25.0 Å². The molecule has 2 heterocycles. The summed E-state index contributed by atoms with van der Waals surface area (Å²) < 4.78 is 35.2. The lowest BCUT2D eigenvalue weighted by molar-refractivity contribution is -0.151. The Morgan fingerprint density at radius 2 is 2.03 bits per heavy atom. The van der Waals surface area contributed by atoms with Gasteiger partial charge in [-0.15, -0.1) is 5.10 Å². The van der Waals surface area contributed by atoms with Crippen LogP contribution in [0.4, 0.5) is 8.78 Å². The van der Waals surface area contributed by atoms with Crippen molar-refractivity contribution in [2.45, 2.75) is 77.4 Å². The molecule has 11 heteroatoms. The number of aliphatic carboxylic acids is 1. The van der Waals surface area contributed by atoms with Crippen molar-refractivity contribution in [2.24, 2.45) is 11.8 Å². The Morgan fingerprint density at radius 1 is 1.31 bits per heavy atom. The van der Waals surface area contributed by atoms with E-state index in [0.29, 0.717) is 30.3 Å². The van der Waals surface area contributed by atoms with Gasteiger partial charge in [0, 0.05) is 25.3 Å². The molecule has 2 aromatic heterocycles. The number of carboxylic acid groups (broad SMARTS) is 1. The minimum Gasteiger partial charge on any atom is -0.481 e. The van der Waals surface area contributed by atoms with Crippen molar-refractivity contribution in [2.75, 3.05) is 0 Å². The molecule has 0 aliphatic heterocycles. The molecule has 32 heavy (non-hydrogen) atoms. The molecule has 9 nitrogen and oxygen atoms in total. The first kappa shape index (κ1) is 22.3. The van der Waals surface area contributed by atoms with Gasteiger partial charge in [0.05, 0.1) is 30.3 Å². The molecule has 4 rings (SSSR count). The summed E-state index contributed by atoms with van der Waals surface area (Å²) in [6.07, 6.45) is 3.29. The molecule has 2 saturated carbocycles. The van der Waals surface area contributed by atoms with E-state index in [-0.39, 0.29) is 12.6 Å². The number of rotatable bonds is 8. The highest BCUT2D eigenvalue weighted by Crippen LogP contribution is 2.45. The van der Waals surface area contributed by atoms with Crippen LogP contribution in [-0.4, -0.2) is 53.8 Å². The first-order valence-corrected chi connectivity index (χ1v) is 10.9. The molecule has 1 amide bonds. The zero-order valence-electron chi connectivity index (χ0n) is 18.1. The van der Waals surface area contributed by atoms with Gasteiger partial charge in [-0.1, -0.05) is 12.1 Å². The SMILES string of the molecule is CCc1nc(C)c(Cn2cc(CN(C(=O)[C@@H]3CC(F)(F)C[C@H]3C(=O)O)C3CCC3)nn2)o1. The van der Waals surface area contributed by atoms with Gasteiger partial charge >= 0.3 is 5.97 Å². The second kappa shape index (κ2) is 8.59. The maximum Gasteiger partial charge on any atom is 0.307 e. The van der Waals surface area contributed by atoms with Gasteiger partial charge < -0.3 is 14.4 Å². The summed E-state index contributed by atoms with van der Waals surface area (Å²) in [5, 5.41) is 17.6. The Morgan fingerprint density at radius 3 is 2.62 bits per heavy atom. The van der Waals surface area contributed by atoms with Crippen LogP contribution in [0.3, 0.4) is 0 Å². The molecule has 2 aromatic rings. The van der Waals surface area contributed by atoms with Crippen LogP contribution in [0, 0.1) is 18.8 Å². The van der Waals surface area contributed by atoms with Gasteiger partial charge in [0.2, 0.25) is 11.8 Å². The predicted molar refractivity (Wildman–Crippen MR) is 107 cm³/mol. The molecule has 0 aromatic carbocycles. The number of alkyl halides is 2. The quantitative estimate of drug-likeness (QED) is 0.656. The summed E-state index contributed by atoms with van der Waals surface area (Å²) in [6.45, 7) is 4.24. The number of carbonyl (C=O) groups is 2. The lowest BCUT2D eigenvalue weighted by Crippen LogP contribution is -2.47. The summed E-state index contributed by atoms with van der Waals surface area (Å²) in [5.41, 5.74) is 1.28. The fraction of sp³-hybridized carbons (Fsp3) is 0.667. The van der Waals surface area contributed by atoms with Crippen LogP contribution in [0.15, 0.2) is 10.6 Å². The maximum atomic E-state index is 13.9. The fourth-order valence-electron chi connectivity index (χ4n) is 4.42. The number of aromatic nitrogens is 4. The largest absolute Gasteiger partial charge is 0.481 e. The fourth-order valence-corrected chi connectivity index (χ4v) is 4.42. The molecular formula is C21H27F2N5O4. The summed E-state index contributed by atoms with van der Waals surface area (Å²) in [5.74, 6) is -6.34. The molecule has 2 fully saturated rings. The molecule has 0 radical (unpaired) electrons. The lowest BCUT2D eigenvalue weighted by atomic mass is 9.88. The van der Waals surface area contributed by atoms with Crippen molar-refractivity contribution < 1.29 is 27.9 Å². The molecule has 2 atom stereocenters. The van der Waals surface area contributed by atoms with Gasteiger partial charge in [-0.05, 0) is 26.2 Å². The molecule has 0 spiro atoms. The Kier molecular flexibility index (Phi) is 6.00. The van der Waals surface area contributed by atoms with E-state index in [1.54, 1.807) is 10.9 Å². The van der Waals surface area contributed by atoms with Gasteiger partial charge in [0.15, 0.2) is 5.89 Å². The Bertz CT molecular complexity index is 1000. The second-order valence-corrected chi connectivity index (χ2v) is 8.74. The number of carbonyl (C=O) groups excluding carboxylic acids is 1. The van der Waals surface area contributed by atoms with Crippen LogP contribution in [0.2, 0.25) is 0 Å². The van der Waals surface area contributed by atoms with Crippen molar-refractivity contribution >= 4 is 11.9 Å². The third kappa shape index (κ3) is 4.51. The minimum absolute atomic E-state index is 0.0973. The van der Waals surface area contributed by atoms with E-state index in [4.69, 9.17) is 4.42 Å². The van der Waals surface area contributed by atoms with Gasteiger partial charge in [-0.2, -0.15) is 0 Å². The molecule has 1 N–H and O–H groups in total. The van der Waals surface area contributed by atoms with E-state index >= 15 is 0 Å². The van der Waals surface area contributed by atoms with Crippen LogP contribution in [0.25, 0.3) is 0 Å². The van der Waals surface area contributed by atoms with Gasteiger partial charge in [-0.3, -0.25) is 9.59 Å². The molecule has 0 saturated heterocycles. The number of oxazole rings is 1. The second-order valence-electron chi connectivity index (χ2n) is 8.74. The van der Waals surface area contributed by atoms with E-state index in [2.05, 4.69) is 15.3 Å². The summed E-state index contributed by atoms with van der Waals surface area (Å²) in [7, 11) is 0. The zero-order chi connectivity index (χ0) is 23.0. The van der Waals surface area contributed by atoms with Crippen LogP contribution in [0.1, 0.15) is 62.1 Å². The molecular weight excluding hydrogens is 424 g/mol. The van der Waals surface area contributed by atoms with E-state index < -0.39 is 42.5 Å². The summed E-state index contributed by atoms with van der Waals surface area (Å²) in [6, 6.07) is -0.0973. The van der Waals surface area contributed by atoms with Crippen molar-refractivity contribution in [3.8, 4) is 0 Å². The molecule has 2 aliphatic rings. The molecule has 0 unspecified atom stereocenters. The summed E-state index contributed by atoms with van der Waals surface area (Å²) in [4.78, 5) is 30.6. The number of aryl methyl sites for hydroxylation is 2. The minimum atomic E-state index is -3.15. The number of nitrogens with zero attached hydrogens (tertiary/aromatic N) is 5. The third-order valence-corrected chi connectivity index (χ3v) is 6.42. The van der Waals surface area contributed by atoms with Crippen LogP contribution in [0.5, 0.6) is 0 Å². The molecule has 2 aliphatic carbocycles. The number of carboxylic acids is 1. The van der Waals surface area contributed by atoms with E-state index in [1.807, 2.05) is 13.8 Å². The van der Waals surface area contributed by atoms with Crippen molar-refractivity contribution in [1.29, 1.82) is 0 Å². The van der Waals surface area contributed by atoms with E-state index in [9.17, 15) is 23.5 Å². The first-order valence-electron chi connectivity index (χ1n) is 10.9. The van der Waals surface area contributed by atoms with Crippen molar-refractivity contribution in [3.63, 3.8) is 0 Å². The summed E-state index contributed by atoms with van der Waals surface area (Å²) >= 11 is 0. The smallest absolute Gasteiger partial charge is 0.307 e. The Balaban J connectivity index is 1.49. The first-order chi connectivity index (χ1) is 15.2. The van der Waals surface area contributed by atoms with Crippen LogP contribution < -0.4 is 0 Å². The van der Waals surface area contributed by atoms with Crippen LogP contribution >= 0.6 is 0 Å². The highest BCUT2D eigenvalue weighted by atomic mass is 19.3. The van der Waals surface area contributed by atoms with E-state index in [1.165, 1.54) is 4.90 Å². The predicted octanol–water partition coefficient (Wildman–Crippen LogP) is 2.81. The third-order valence-electron chi connectivity index (χ3n) is 6.42. The zero-order valence-corrected chi connectivity index (χ0v) is 18.1. The Hall–Kier alpha value is -2.85. The molecule has 0 bridgehead atoms. The average Bonchev–Trinajstić information content (AvgIpc) is 3.37. The maximum absolute atomic E-state index is 13.9. The van der Waals surface area contributed by atoms with Crippen molar-refractivity contribution in [1.82, 2.24) is 24.9 Å². The van der Waals surface area contributed by atoms with Gasteiger partial charge in [0.25, 0.3) is 0 Å². The van der Waals surface area contributed by atoms with Gasteiger partial charge in [-0.25, -0.2) is 18.4 Å². The lowest BCUT2D eigenvalue weighted by Gasteiger charge is -2.39. The molecule has 174 valence electrons. The Labute approximate surface area is 183 Å². The monoisotopic (exact) mass is 451 g/mol. The standard InChI is InChI=1S/C21H27F2N5O4/c1-3-18-24-12(2)17(32-18)11-27-9-13(25-26-27)10-28(14-5-4-6-14)19(29)15-7-21(22,23)8-16(15)20(30)31/h9,14-16H,3-8,10-11H2,1-2H3,(H,30,31)/t15-,16-/m1/s1. The number of amides is 1. The topological polar surface area (TPSA) is 114 Å². The highest BCUT2D eigenvalue weighted by molar-refractivity contribution is 5.86. The number of halogens is 2. The average molecular weight is 451 g/mol.